The summed E-state index contributed by atoms with van der Waals surface area (Å²) in [6, 6.07) is 0. The van der Waals surface area contributed by atoms with Crippen LogP contribution in [0.5, 0.6) is 0 Å². The number of unbranched alkanes of at least 4 members (excludes halogenated alkanes) is 11. The van der Waals surface area contributed by atoms with Crippen LogP contribution in [0.15, 0.2) is 0 Å². The topological polar surface area (TPSA) is 70.1 Å². The quantitative estimate of drug-likeness (QED) is 0.244. The number of carbonyl (C=O) groups excluding carboxylic acids is 1. The summed E-state index contributed by atoms with van der Waals surface area (Å²) < 4.78 is 5.29. The van der Waals surface area contributed by atoms with Gasteiger partial charge >= 0.3 is 11.9 Å². The second kappa shape index (κ2) is 19.2. The van der Waals surface area contributed by atoms with Gasteiger partial charge in [-0.2, -0.15) is 0 Å². The molecular formula is C22H44N2O4. The molecule has 28 heavy (non-hydrogen) atoms. The van der Waals surface area contributed by atoms with Crippen molar-refractivity contribution >= 4 is 11.9 Å². The standard InChI is InChI=1S/C22H44N2O4/c1-4-5-6-7-8-9-10-11-12-13-14-15-18-28-22(27)20-24(3)17-16-23(2)19-21(25)26/h4-20H2,1-3H3,(H,25,26). The maximum atomic E-state index is 11.8. The molecule has 0 unspecified atom stereocenters. The molecular weight excluding hydrogens is 356 g/mol. The molecule has 0 rings (SSSR count). The van der Waals surface area contributed by atoms with Crippen LogP contribution < -0.4 is 0 Å². The van der Waals surface area contributed by atoms with Crippen LogP contribution in [0.3, 0.4) is 0 Å². The van der Waals surface area contributed by atoms with E-state index < -0.39 is 5.97 Å². The van der Waals surface area contributed by atoms with Crippen LogP contribution in [-0.2, 0) is 14.3 Å². The van der Waals surface area contributed by atoms with Crippen LogP contribution in [0, 0.1) is 0 Å². The van der Waals surface area contributed by atoms with Crippen molar-refractivity contribution in [2.24, 2.45) is 0 Å². The lowest BCUT2D eigenvalue weighted by atomic mass is 10.1. The fourth-order valence-electron chi connectivity index (χ4n) is 3.13. The predicted molar refractivity (Wildman–Crippen MR) is 115 cm³/mol. The van der Waals surface area contributed by atoms with Crippen LogP contribution >= 0.6 is 0 Å². The molecule has 0 saturated heterocycles. The second-order valence-corrected chi connectivity index (χ2v) is 7.98. The average molecular weight is 401 g/mol. The van der Waals surface area contributed by atoms with Gasteiger partial charge in [0.2, 0.25) is 0 Å². The Labute approximate surface area is 172 Å². The Morgan fingerprint density at radius 1 is 0.714 bits per heavy atom. The van der Waals surface area contributed by atoms with Gasteiger partial charge in [-0.05, 0) is 20.5 Å². The Morgan fingerprint density at radius 2 is 1.14 bits per heavy atom. The normalized spacial score (nSPS) is 11.3. The number of carbonyl (C=O) groups is 2. The second-order valence-electron chi connectivity index (χ2n) is 7.98. The summed E-state index contributed by atoms with van der Waals surface area (Å²) in [6.07, 6.45) is 15.5. The average Bonchev–Trinajstić information content (AvgIpc) is 2.63. The fourth-order valence-corrected chi connectivity index (χ4v) is 3.13. The summed E-state index contributed by atoms with van der Waals surface area (Å²) in [5.41, 5.74) is 0. The highest BCUT2D eigenvalue weighted by atomic mass is 16.5. The number of hydrogen-bond acceptors (Lipinski definition) is 5. The molecule has 0 radical (unpaired) electrons. The minimum Gasteiger partial charge on any atom is -0.480 e. The number of carboxylic acids is 1. The third-order valence-corrected chi connectivity index (χ3v) is 4.93. The first-order valence-electron chi connectivity index (χ1n) is 11.2. The zero-order chi connectivity index (χ0) is 21.0. The van der Waals surface area contributed by atoms with Gasteiger partial charge in [0.05, 0.1) is 19.7 Å². The first-order valence-corrected chi connectivity index (χ1v) is 11.2. The number of esters is 1. The van der Waals surface area contributed by atoms with E-state index in [1.54, 1.807) is 11.9 Å². The number of rotatable bonds is 20. The Morgan fingerprint density at radius 3 is 1.61 bits per heavy atom. The number of nitrogens with zero attached hydrogens (tertiary/aromatic N) is 2. The molecule has 0 aliphatic heterocycles. The third kappa shape index (κ3) is 19.6. The van der Waals surface area contributed by atoms with Crippen LogP contribution in [0.25, 0.3) is 0 Å². The first kappa shape index (κ1) is 26.9. The molecule has 0 aromatic carbocycles. The SMILES string of the molecule is CCCCCCCCCCCCCCOC(=O)CN(C)CCN(C)CC(=O)O. The molecule has 1 N–H and O–H groups in total. The van der Waals surface area contributed by atoms with E-state index in [0.717, 1.165) is 12.8 Å². The molecule has 0 heterocycles. The van der Waals surface area contributed by atoms with Crippen molar-refractivity contribution < 1.29 is 19.4 Å². The van der Waals surface area contributed by atoms with Gasteiger partial charge in [-0.25, -0.2) is 0 Å². The van der Waals surface area contributed by atoms with Crippen LogP contribution in [0.1, 0.15) is 84.0 Å². The summed E-state index contributed by atoms with van der Waals surface area (Å²) >= 11 is 0. The maximum absolute atomic E-state index is 11.8. The Hall–Kier alpha value is -1.14. The van der Waals surface area contributed by atoms with Crippen molar-refractivity contribution in [1.82, 2.24) is 9.80 Å². The smallest absolute Gasteiger partial charge is 0.320 e. The van der Waals surface area contributed by atoms with E-state index in [-0.39, 0.29) is 19.1 Å². The largest absolute Gasteiger partial charge is 0.480 e. The molecule has 0 aliphatic rings. The summed E-state index contributed by atoms with van der Waals surface area (Å²) in [7, 11) is 3.60. The van der Waals surface area contributed by atoms with Crippen molar-refractivity contribution in [2.45, 2.75) is 84.0 Å². The Balaban J connectivity index is 3.39. The molecule has 0 fully saturated rings. The molecule has 0 aromatic rings. The third-order valence-electron chi connectivity index (χ3n) is 4.93. The zero-order valence-electron chi connectivity index (χ0n) is 18.6. The zero-order valence-corrected chi connectivity index (χ0v) is 18.6. The van der Waals surface area contributed by atoms with Gasteiger partial charge in [-0.3, -0.25) is 19.4 Å². The van der Waals surface area contributed by atoms with Crippen LogP contribution in [-0.4, -0.2) is 73.7 Å². The number of likely N-dealkylation sites (N-methyl/N-ethyl adjacent to an activating group) is 2. The number of carboxylic acid groups (broad SMARTS) is 1. The van der Waals surface area contributed by atoms with E-state index in [2.05, 4.69) is 6.92 Å². The lowest BCUT2D eigenvalue weighted by molar-refractivity contribution is -0.145. The fraction of sp³-hybridized carbons (Fsp3) is 0.909. The number of hydrogen-bond donors (Lipinski definition) is 1. The molecule has 0 saturated carbocycles. The van der Waals surface area contributed by atoms with Crippen molar-refractivity contribution in [3.05, 3.63) is 0 Å². The lowest BCUT2D eigenvalue weighted by Crippen LogP contribution is -2.36. The Kier molecular flexibility index (Phi) is 18.4. The number of ether oxygens (including phenoxy) is 1. The highest BCUT2D eigenvalue weighted by molar-refractivity contribution is 5.71. The summed E-state index contributed by atoms with van der Waals surface area (Å²) in [6.45, 7) is 4.26. The molecule has 0 aliphatic carbocycles. The van der Waals surface area contributed by atoms with Crippen LogP contribution in [0.2, 0.25) is 0 Å². The summed E-state index contributed by atoms with van der Waals surface area (Å²) in [4.78, 5) is 26.0. The van der Waals surface area contributed by atoms with E-state index in [9.17, 15) is 9.59 Å². The highest BCUT2D eigenvalue weighted by Gasteiger charge is 2.10. The van der Waals surface area contributed by atoms with Gasteiger partial charge in [0.25, 0.3) is 0 Å². The van der Waals surface area contributed by atoms with E-state index in [1.165, 1.54) is 64.2 Å². The van der Waals surface area contributed by atoms with Crippen LogP contribution in [0.4, 0.5) is 0 Å². The molecule has 6 nitrogen and oxygen atoms in total. The minimum absolute atomic E-state index is 0.0112. The molecule has 0 aromatic heterocycles. The lowest BCUT2D eigenvalue weighted by Gasteiger charge is -2.20. The molecule has 0 spiro atoms. The Bertz CT molecular complexity index is 391. The van der Waals surface area contributed by atoms with Gasteiger partial charge < -0.3 is 9.84 Å². The van der Waals surface area contributed by atoms with Crippen molar-refractivity contribution in [1.29, 1.82) is 0 Å². The van der Waals surface area contributed by atoms with Gasteiger partial charge in [0.15, 0.2) is 0 Å². The molecule has 166 valence electrons. The van der Waals surface area contributed by atoms with Gasteiger partial charge in [0.1, 0.15) is 0 Å². The molecule has 6 heteroatoms. The van der Waals surface area contributed by atoms with Crippen molar-refractivity contribution in [3.8, 4) is 0 Å². The first-order chi connectivity index (χ1) is 13.5. The maximum Gasteiger partial charge on any atom is 0.320 e. The molecule has 0 bridgehead atoms. The van der Waals surface area contributed by atoms with Crippen molar-refractivity contribution in [3.63, 3.8) is 0 Å². The van der Waals surface area contributed by atoms with Gasteiger partial charge in [-0.15, -0.1) is 0 Å². The molecule has 0 amide bonds. The van der Waals surface area contributed by atoms with Gasteiger partial charge in [0, 0.05) is 13.1 Å². The summed E-state index contributed by atoms with van der Waals surface area (Å²) in [5.74, 6) is -1.04. The number of aliphatic carboxylic acids is 1. The van der Waals surface area contributed by atoms with Gasteiger partial charge in [-0.1, -0.05) is 77.6 Å². The van der Waals surface area contributed by atoms with E-state index in [0.29, 0.717) is 19.7 Å². The van der Waals surface area contributed by atoms with E-state index in [4.69, 9.17) is 9.84 Å². The molecule has 0 atom stereocenters. The summed E-state index contributed by atoms with van der Waals surface area (Å²) in [5, 5.41) is 8.71. The van der Waals surface area contributed by atoms with E-state index >= 15 is 0 Å². The minimum atomic E-state index is -0.841. The van der Waals surface area contributed by atoms with Crippen molar-refractivity contribution in [2.75, 3.05) is 46.9 Å². The van der Waals surface area contributed by atoms with E-state index in [1.807, 2.05) is 11.9 Å². The monoisotopic (exact) mass is 400 g/mol. The predicted octanol–water partition coefficient (Wildman–Crippen LogP) is 4.18. The highest BCUT2D eigenvalue weighted by Crippen LogP contribution is 2.11.